The van der Waals surface area contributed by atoms with E-state index in [0.717, 1.165) is 0 Å². The summed E-state index contributed by atoms with van der Waals surface area (Å²) in [4.78, 5) is 14.6. The lowest BCUT2D eigenvalue weighted by Gasteiger charge is -2.28. The highest BCUT2D eigenvalue weighted by Crippen LogP contribution is 2.30. The lowest BCUT2D eigenvalue weighted by Crippen LogP contribution is -2.47. The summed E-state index contributed by atoms with van der Waals surface area (Å²) in [6.45, 7) is 8.81. The number of likely N-dealkylation sites (N-methyl/N-ethyl adjacent to an activating group) is 1. The summed E-state index contributed by atoms with van der Waals surface area (Å²) in [6, 6.07) is -0.598. The normalized spacial score (nSPS) is 19.3. The van der Waals surface area contributed by atoms with Gasteiger partial charge in [-0.05, 0) is 40.5 Å². The maximum Gasteiger partial charge on any atom is 0.247 e. The molecule has 1 aliphatic heterocycles. The Labute approximate surface area is 138 Å². The molecule has 1 aromatic heterocycles. The van der Waals surface area contributed by atoms with Crippen molar-refractivity contribution in [2.45, 2.75) is 51.5 Å². The third-order valence-electron chi connectivity index (χ3n) is 4.57. The van der Waals surface area contributed by atoms with Gasteiger partial charge in [-0.15, -0.1) is 0 Å². The number of carbonyl (C=O) groups excluding carboxylic acids is 1. The van der Waals surface area contributed by atoms with E-state index in [4.69, 9.17) is 0 Å². The number of carbonyl (C=O) groups is 1. The van der Waals surface area contributed by atoms with Crippen molar-refractivity contribution in [3.05, 3.63) is 11.4 Å². The predicted octanol–water partition coefficient (Wildman–Crippen LogP) is 1.06. The Morgan fingerprint density at radius 2 is 1.91 bits per heavy atom. The summed E-state index contributed by atoms with van der Waals surface area (Å²) in [7, 11) is -1.99. The van der Waals surface area contributed by atoms with E-state index >= 15 is 0 Å². The highest BCUT2D eigenvalue weighted by molar-refractivity contribution is 7.89. The molecule has 0 N–H and O–H groups in total. The molecule has 0 bridgehead atoms. The molecular formula is C15H26N4O3S. The molecule has 0 unspecified atom stereocenters. The summed E-state index contributed by atoms with van der Waals surface area (Å²) in [5, 5.41) is 4.20. The van der Waals surface area contributed by atoms with Gasteiger partial charge in [0, 0.05) is 26.7 Å². The van der Waals surface area contributed by atoms with Crippen molar-refractivity contribution < 1.29 is 13.2 Å². The van der Waals surface area contributed by atoms with Crippen LogP contribution in [0.3, 0.4) is 0 Å². The van der Waals surface area contributed by atoms with Crippen LogP contribution < -0.4 is 0 Å². The van der Waals surface area contributed by atoms with Crippen LogP contribution in [-0.4, -0.2) is 59.0 Å². The first-order chi connectivity index (χ1) is 10.8. The van der Waals surface area contributed by atoms with Gasteiger partial charge in [0.25, 0.3) is 0 Å². The first-order valence-electron chi connectivity index (χ1n) is 8.06. The van der Waals surface area contributed by atoms with Crippen LogP contribution in [-0.2, 0) is 21.9 Å². The molecular weight excluding hydrogens is 316 g/mol. The topological polar surface area (TPSA) is 75.5 Å². The maximum absolute atomic E-state index is 13.1. The zero-order chi connectivity index (χ0) is 17.4. The number of aryl methyl sites for hydroxylation is 2. The molecule has 0 aliphatic carbocycles. The van der Waals surface area contributed by atoms with Gasteiger partial charge in [0.15, 0.2) is 0 Å². The predicted molar refractivity (Wildman–Crippen MR) is 87.5 cm³/mol. The lowest BCUT2D eigenvalue weighted by atomic mass is 10.2. The van der Waals surface area contributed by atoms with Crippen LogP contribution in [0.4, 0.5) is 0 Å². The van der Waals surface area contributed by atoms with Crippen molar-refractivity contribution in [2.24, 2.45) is 7.05 Å². The van der Waals surface area contributed by atoms with Gasteiger partial charge in [-0.2, -0.15) is 9.40 Å². The Hall–Kier alpha value is -1.41. The van der Waals surface area contributed by atoms with E-state index in [-0.39, 0.29) is 10.8 Å². The van der Waals surface area contributed by atoms with Gasteiger partial charge in [0.2, 0.25) is 15.9 Å². The molecule has 0 saturated carbocycles. The molecule has 130 valence electrons. The molecule has 0 spiro atoms. The van der Waals surface area contributed by atoms with Crippen LogP contribution in [0, 0.1) is 13.8 Å². The fourth-order valence-electron chi connectivity index (χ4n) is 3.27. The molecule has 1 amide bonds. The standard InChI is InChI=1S/C15H26N4O3S/c1-6-18(7-2)15(20)13-9-8-10-19(13)23(21,22)14-11(3)16-17(5)12(14)4/h13H,6-10H2,1-5H3/t13-/m1/s1. The Kier molecular flexibility index (Phi) is 5.15. The fourth-order valence-corrected chi connectivity index (χ4v) is 5.32. The molecule has 0 aromatic carbocycles. The van der Waals surface area contributed by atoms with Crippen LogP contribution in [0.15, 0.2) is 4.90 Å². The minimum absolute atomic E-state index is 0.102. The second-order valence-electron chi connectivity index (χ2n) is 5.91. The third kappa shape index (κ3) is 3.01. The van der Waals surface area contributed by atoms with Crippen LogP contribution in [0.5, 0.6) is 0 Å². The van der Waals surface area contributed by atoms with Crippen molar-refractivity contribution in [1.29, 1.82) is 0 Å². The van der Waals surface area contributed by atoms with E-state index in [9.17, 15) is 13.2 Å². The smallest absolute Gasteiger partial charge is 0.247 e. The van der Waals surface area contributed by atoms with Crippen molar-refractivity contribution in [3.8, 4) is 0 Å². The second kappa shape index (κ2) is 6.60. The van der Waals surface area contributed by atoms with Gasteiger partial charge < -0.3 is 4.90 Å². The Bertz CT molecular complexity index is 692. The van der Waals surface area contributed by atoms with Crippen LogP contribution in [0.2, 0.25) is 0 Å². The number of hydrogen-bond donors (Lipinski definition) is 0. The van der Waals surface area contributed by atoms with E-state index in [0.29, 0.717) is 43.9 Å². The summed E-state index contributed by atoms with van der Waals surface area (Å²) in [5.74, 6) is -0.102. The largest absolute Gasteiger partial charge is 0.342 e. The maximum atomic E-state index is 13.1. The Balaban J connectivity index is 2.41. The molecule has 1 saturated heterocycles. The average molecular weight is 342 g/mol. The molecule has 7 nitrogen and oxygen atoms in total. The molecule has 0 radical (unpaired) electrons. The van der Waals surface area contributed by atoms with Gasteiger partial charge in [-0.25, -0.2) is 8.42 Å². The van der Waals surface area contributed by atoms with Crippen molar-refractivity contribution in [3.63, 3.8) is 0 Å². The average Bonchev–Trinajstić information content (AvgIpc) is 3.06. The van der Waals surface area contributed by atoms with Gasteiger partial charge in [0.05, 0.1) is 11.4 Å². The summed E-state index contributed by atoms with van der Waals surface area (Å²) in [6.07, 6.45) is 1.28. The van der Waals surface area contributed by atoms with Gasteiger partial charge in [-0.3, -0.25) is 9.48 Å². The summed E-state index contributed by atoms with van der Waals surface area (Å²) < 4.78 is 29.1. The first kappa shape index (κ1) is 17.9. The molecule has 1 aliphatic rings. The quantitative estimate of drug-likeness (QED) is 0.802. The lowest BCUT2D eigenvalue weighted by molar-refractivity contribution is -0.134. The number of rotatable bonds is 5. The first-order valence-corrected chi connectivity index (χ1v) is 9.50. The molecule has 2 heterocycles. The molecule has 1 atom stereocenters. The monoisotopic (exact) mass is 342 g/mol. The summed E-state index contributed by atoms with van der Waals surface area (Å²) >= 11 is 0. The van der Waals surface area contributed by atoms with Crippen LogP contribution in [0.1, 0.15) is 38.1 Å². The Morgan fingerprint density at radius 1 is 1.30 bits per heavy atom. The van der Waals surface area contributed by atoms with Crippen LogP contribution in [0.25, 0.3) is 0 Å². The second-order valence-corrected chi connectivity index (χ2v) is 7.74. The molecule has 1 aromatic rings. The third-order valence-corrected chi connectivity index (χ3v) is 6.73. The molecule has 8 heteroatoms. The Morgan fingerprint density at radius 3 is 2.39 bits per heavy atom. The van der Waals surface area contributed by atoms with Gasteiger partial charge >= 0.3 is 0 Å². The number of nitrogens with zero attached hydrogens (tertiary/aromatic N) is 4. The minimum Gasteiger partial charge on any atom is -0.342 e. The van der Waals surface area contributed by atoms with Crippen molar-refractivity contribution in [1.82, 2.24) is 19.0 Å². The number of hydrogen-bond acceptors (Lipinski definition) is 4. The van der Waals surface area contributed by atoms with E-state index in [1.165, 1.54) is 4.31 Å². The van der Waals surface area contributed by atoms with Crippen molar-refractivity contribution >= 4 is 15.9 Å². The summed E-state index contributed by atoms with van der Waals surface area (Å²) in [5.41, 5.74) is 1.08. The van der Waals surface area contributed by atoms with E-state index < -0.39 is 16.1 Å². The minimum atomic E-state index is -3.72. The number of sulfonamides is 1. The number of amides is 1. The zero-order valence-corrected chi connectivity index (χ0v) is 15.4. The van der Waals surface area contributed by atoms with E-state index in [2.05, 4.69) is 5.10 Å². The van der Waals surface area contributed by atoms with E-state index in [1.807, 2.05) is 13.8 Å². The molecule has 1 fully saturated rings. The van der Waals surface area contributed by atoms with Gasteiger partial charge in [0.1, 0.15) is 10.9 Å². The highest BCUT2D eigenvalue weighted by atomic mass is 32.2. The molecule has 2 rings (SSSR count). The molecule has 23 heavy (non-hydrogen) atoms. The SMILES string of the molecule is CCN(CC)C(=O)[C@H]1CCCN1S(=O)(=O)c1c(C)nn(C)c1C. The fraction of sp³-hybridized carbons (Fsp3) is 0.733. The van der Waals surface area contributed by atoms with Gasteiger partial charge in [-0.1, -0.05) is 0 Å². The highest BCUT2D eigenvalue weighted by Gasteiger charge is 2.42. The zero-order valence-electron chi connectivity index (χ0n) is 14.5. The van der Waals surface area contributed by atoms with E-state index in [1.54, 1.807) is 30.5 Å². The number of aromatic nitrogens is 2. The van der Waals surface area contributed by atoms with Crippen molar-refractivity contribution in [2.75, 3.05) is 19.6 Å². The van der Waals surface area contributed by atoms with Crippen LogP contribution >= 0.6 is 0 Å².